The normalized spacial score (nSPS) is 11.3. The standard InChI is InChI=1S/C11H6BrF3N2O/c12-9-5-10(17-6-16-9)18-8-3-1-2-7(4-8)11(13,14)15/h1-6H. The average molecular weight is 319 g/mol. The minimum atomic E-state index is -4.40. The van der Waals surface area contributed by atoms with E-state index in [9.17, 15) is 13.2 Å². The summed E-state index contributed by atoms with van der Waals surface area (Å²) in [5.74, 6) is 0.228. The molecule has 0 spiro atoms. The van der Waals surface area contributed by atoms with Gasteiger partial charge in [0.1, 0.15) is 16.7 Å². The third-order valence-electron chi connectivity index (χ3n) is 1.99. The van der Waals surface area contributed by atoms with Crippen molar-refractivity contribution in [2.45, 2.75) is 6.18 Å². The maximum Gasteiger partial charge on any atom is 0.416 e. The summed E-state index contributed by atoms with van der Waals surface area (Å²) in [5, 5.41) is 0. The molecule has 0 aliphatic rings. The number of halogens is 4. The fraction of sp³-hybridized carbons (Fsp3) is 0.0909. The van der Waals surface area contributed by atoms with Crippen LogP contribution >= 0.6 is 15.9 Å². The first-order valence-electron chi connectivity index (χ1n) is 4.78. The number of hydrogen-bond acceptors (Lipinski definition) is 3. The molecule has 1 aromatic heterocycles. The number of ether oxygens (including phenoxy) is 1. The highest BCUT2D eigenvalue weighted by atomic mass is 79.9. The second-order valence-corrected chi connectivity index (χ2v) is 4.12. The van der Waals surface area contributed by atoms with Gasteiger partial charge in [-0.1, -0.05) is 6.07 Å². The summed E-state index contributed by atoms with van der Waals surface area (Å²) in [6.07, 6.45) is -3.15. The predicted octanol–water partition coefficient (Wildman–Crippen LogP) is 4.05. The van der Waals surface area contributed by atoms with Crippen LogP contribution in [0.5, 0.6) is 11.6 Å². The Kier molecular flexibility index (Phi) is 3.51. The molecular weight excluding hydrogens is 313 g/mol. The fourth-order valence-corrected chi connectivity index (χ4v) is 1.52. The maximum absolute atomic E-state index is 12.5. The molecule has 0 fully saturated rings. The lowest BCUT2D eigenvalue weighted by molar-refractivity contribution is -0.137. The van der Waals surface area contributed by atoms with Crippen LogP contribution in [0.2, 0.25) is 0 Å². The predicted molar refractivity (Wildman–Crippen MR) is 61.3 cm³/mol. The van der Waals surface area contributed by atoms with Crippen molar-refractivity contribution in [2.75, 3.05) is 0 Å². The Morgan fingerprint density at radius 2 is 1.89 bits per heavy atom. The number of hydrogen-bond donors (Lipinski definition) is 0. The van der Waals surface area contributed by atoms with Crippen LogP contribution in [0, 0.1) is 0 Å². The van der Waals surface area contributed by atoms with Crippen molar-refractivity contribution in [3.8, 4) is 11.6 Å². The molecule has 0 aliphatic heterocycles. The van der Waals surface area contributed by atoms with Crippen LogP contribution < -0.4 is 4.74 Å². The first-order chi connectivity index (χ1) is 8.45. The third-order valence-corrected chi connectivity index (χ3v) is 2.43. The van der Waals surface area contributed by atoms with Crippen molar-refractivity contribution in [3.63, 3.8) is 0 Å². The van der Waals surface area contributed by atoms with E-state index in [1.165, 1.54) is 24.5 Å². The number of aromatic nitrogens is 2. The SMILES string of the molecule is FC(F)(F)c1cccc(Oc2cc(Br)ncn2)c1. The van der Waals surface area contributed by atoms with E-state index in [0.29, 0.717) is 4.60 Å². The summed E-state index contributed by atoms with van der Waals surface area (Å²) >= 11 is 3.11. The third kappa shape index (κ3) is 3.19. The highest BCUT2D eigenvalue weighted by Gasteiger charge is 2.30. The Labute approximate surface area is 109 Å². The Morgan fingerprint density at radius 3 is 2.56 bits per heavy atom. The Balaban J connectivity index is 2.25. The van der Waals surface area contributed by atoms with Crippen molar-refractivity contribution in [2.24, 2.45) is 0 Å². The van der Waals surface area contributed by atoms with E-state index in [0.717, 1.165) is 12.1 Å². The molecule has 0 amide bonds. The minimum absolute atomic E-state index is 0.0652. The van der Waals surface area contributed by atoms with Crippen LogP contribution in [0.15, 0.2) is 41.3 Å². The monoisotopic (exact) mass is 318 g/mol. The molecule has 0 aliphatic carbocycles. The summed E-state index contributed by atoms with van der Waals surface area (Å²) in [5.41, 5.74) is -0.770. The van der Waals surface area contributed by atoms with Crippen LogP contribution in [0.25, 0.3) is 0 Å². The zero-order valence-electron chi connectivity index (χ0n) is 8.78. The lowest BCUT2D eigenvalue weighted by Crippen LogP contribution is -2.04. The van der Waals surface area contributed by atoms with Gasteiger partial charge in [-0.3, -0.25) is 0 Å². The molecule has 2 rings (SSSR count). The smallest absolute Gasteiger partial charge is 0.416 e. The van der Waals surface area contributed by atoms with Crippen LogP contribution in [0.4, 0.5) is 13.2 Å². The zero-order chi connectivity index (χ0) is 13.2. The van der Waals surface area contributed by atoms with Crippen molar-refractivity contribution in [1.82, 2.24) is 9.97 Å². The van der Waals surface area contributed by atoms with Gasteiger partial charge in [0, 0.05) is 6.07 Å². The van der Waals surface area contributed by atoms with Gasteiger partial charge in [-0.25, -0.2) is 9.97 Å². The van der Waals surface area contributed by atoms with E-state index in [2.05, 4.69) is 25.9 Å². The summed E-state index contributed by atoms with van der Waals surface area (Å²) in [7, 11) is 0. The minimum Gasteiger partial charge on any atom is -0.439 e. The van der Waals surface area contributed by atoms with Gasteiger partial charge in [-0.15, -0.1) is 0 Å². The number of rotatable bonds is 2. The maximum atomic E-state index is 12.5. The molecule has 0 saturated heterocycles. The van der Waals surface area contributed by atoms with Crippen LogP contribution in [-0.4, -0.2) is 9.97 Å². The molecule has 94 valence electrons. The van der Waals surface area contributed by atoms with E-state index in [1.54, 1.807) is 0 Å². The van der Waals surface area contributed by atoms with Crippen molar-refractivity contribution < 1.29 is 17.9 Å². The molecule has 3 nitrogen and oxygen atoms in total. The average Bonchev–Trinajstić information content (AvgIpc) is 2.28. The first-order valence-corrected chi connectivity index (χ1v) is 5.57. The molecule has 0 saturated carbocycles. The van der Waals surface area contributed by atoms with Gasteiger partial charge in [0.25, 0.3) is 0 Å². The summed E-state index contributed by atoms with van der Waals surface area (Å²) in [4.78, 5) is 7.57. The van der Waals surface area contributed by atoms with Crippen LogP contribution in [-0.2, 0) is 6.18 Å². The number of alkyl halides is 3. The van der Waals surface area contributed by atoms with Crippen molar-refractivity contribution in [3.05, 3.63) is 46.8 Å². The second kappa shape index (κ2) is 4.93. The van der Waals surface area contributed by atoms with Crippen LogP contribution in [0.1, 0.15) is 5.56 Å². The van der Waals surface area contributed by atoms with E-state index < -0.39 is 11.7 Å². The van der Waals surface area contributed by atoms with Gasteiger partial charge in [0.05, 0.1) is 5.56 Å². The highest BCUT2D eigenvalue weighted by Crippen LogP contribution is 2.32. The van der Waals surface area contributed by atoms with Gasteiger partial charge in [0.2, 0.25) is 5.88 Å². The summed E-state index contributed by atoms with van der Waals surface area (Å²) < 4.78 is 43.1. The molecule has 0 unspecified atom stereocenters. The molecule has 1 heterocycles. The second-order valence-electron chi connectivity index (χ2n) is 3.31. The summed E-state index contributed by atoms with van der Waals surface area (Å²) in [6, 6.07) is 6.04. The molecule has 18 heavy (non-hydrogen) atoms. The largest absolute Gasteiger partial charge is 0.439 e. The molecular formula is C11H6BrF3N2O. The van der Waals surface area contributed by atoms with E-state index >= 15 is 0 Å². The van der Waals surface area contributed by atoms with E-state index in [4.69, 9.17) is 4.74 Å². The Hall–Kier alpha value is -1.63. The molecule has 7 heteroatoms. The Bertz CT molecular complexity index is 560. The van der Waals surface area contributed by atoms with Gasteiger partial charge < -0.3 is 4.74 Å². The molecule has 2 aromatic rings. The topological polar surface area (TPSA) is 35.0 Å². The number of nitrogens with zero attached hydrogens (tertiary/aromatic N) is 2. The lowest BCUT2D eigenvalue weighted by Gasteiger charge is -2.09. The number of benzene rings is 1. The van der Waals surface area contributed by atoms with E-state index in [-0.39, 0.29) is 11.6 Å². The van der Waals surface area contributed by atoms with Crippen molar-refractivity contribution in [1.29, 1.82) is 0 Å². The van der Waals surface area contributed by atoms with Crippen molar-refractivity contribution >= 4 is 15.9 Å². The van der Waals surface area contributed by atoms with Gasteiger partial charge in [0.15, 0.2) is 0 Å². The van der Waals surface area contributed by atoms with Gasteiger partial charge in [-0.05, 0) is 34.1 Å². The molecule has 0 bridgehead atoms. The molecule has 0 radical (unpaired) electrons. The summed E-state index contributed by atoms with van der Waals surface area (Å²) in [6.45, 7) is 0. The van der Waals surface area contributed by atoms with Gasteiger partial charge >= 0.3 is 6.18 Å². The zero-order valence-corrected chi connectivity index (χ0v) is 10.4. The fourth-order valence-electron chi connectivity index (χ4n) is 1.23. The molecule has 0 N–H and O–H groups in total. The van der Waals surface area contributed by atoms with E-state index in [1.807, 2.05) is 0 Å². The Morgan fingerprint density at radius 1 is 1.11 bits per heavy atom. The highest BCUT2D eigenvalue weighted by molar-refractivity contribution is 9.10. The molecule has 0 atom stereocenters. The van der Waals surface area contributed by atoms with Gasteiger partial charge in [-0.2, -0.15) is 13.2 Å². The van der Waals surface area contributed by atoms with Crippen LogP contribution in [0.3, 0.4) is 0 Å². The lowest BCUT2D eigenvalue weighted by atomic mass is 10.2. The quantitative estimate of drug-likeness (QED) is 0.783. The molecule has 1 aromatic carbocycles. The first kappa shape index (κ1) is 12.8.